The van der Waals surface area contributed by atoms with E-state index in [-0.39, 0.29) is 11.8 Å². The van der Waals surface area contributed by atoms with Crippen molar-refractivity contribution in [2.75, 3.05) is 13.6 Å². The van der Waals surface area contributed by atoms with E-state index in [0.29, 0.717) is 23.9 Å². The minimum Gasteiger partial charge on any atom is -0.393 e. The Morgan fingerprint density at radius 1 is 1.33 bits per heavy atom. The SMILES string of the molecule is CC(CN(C)C(=O)CC1CCCCCC1)C(N)=S. The third-order valence-electron chi connectivity index (χ3n) is 3.90. The first-order valence-electron chi connectivity index (χ1n) is 7.04. The Bertz CT molecular complexity index is 286. The largest absolute Gasteiger partial charge is 0.393 e. The van der Waals surface area contributed by atoms with Crippen molar-refractivity contribution in [2.45, 2.75) is 51.9 Å². The fraction of sp³-hybridized carbons (Fsp3) is 0.857. The second-order valence-corrected chi connectivity index (χ2v) is 6.11. The molecule has 0 aliphatic heterocycles. The second-order valence-electron chi connectivity index (χ2n) is 5.64. The van der Waals surface area contributed by atoms with Gasteiger partial charge in [-0.1, -0.05) is 44.8 Å². The van der Waals surface area contributed by atoms with E-state index in [9.17, 15) is 4.79 Å². The van der Waals surface area contributed by atoms with Crippen molar-refractivity contribution < 1.29 is 4.79 Å². The van der Waals surface area contributed by atoms with Crippen molar-refractivity contribution in [3.05, 3.63) is 0 Å². The van der Waals surface area contributed by atoms with Crippen LogP contribution >= 0.6 is 12.2 Å². The lowest BCUT2D eigenvalue weighted by molar-refractivity contribution is -0.131. The summed E-state index contributed by atoms with van der Waals surface area (Å²) in [7, 11) is 1.85. The molecular weight excluding hydrogens is 244 g/mol. The van der Waals surface area contributed by atoms with Crippen molar-refractivity contribution in [1.29, 1.82) is 0 Å². The smallest absolute Gasteiger partial charge is 0.222 e. The van der Waals surface area contributed by atoms with Crippen LogP contribution in [0.1, 0.15) is 51.9 Å². The van der Waals surface area contributed by atoms with Gasteiger partial charge in [0.15, 0.2) is 0 Å². The molecule has 0 aromatic carbocycles. The van der Waals surface area contributed by atoms with E-state index in [1.54, 1.807) is 4.90 Å². The fourth-order valence-corrected chi connectivity index (χ4v) is 2.65. The van der Waals surface area contributed by atoms with Crippen molar-refractivity contribution >= 4 is 23.1 Å². The van der Waals surface area contributed by atoms with Gasteiger partial charge >= 0.3 is 0 Å². The molecule has 1 aliphatic carbocycles. The van der Waals surface area contributed by atoms with Gasteiger partial charge in [-0.3, -0.25) is 4.79 Å². The lowest BCUT2D eigenvalue weighted by Gasteiger charge is -2.23. The second kappa shape index (κ2) is 7.72. The van der Waals surface area contributed by atoms with Crippen LogP contribution in [0.3, 0.4) is 0 Å². The molecule has 18 heavy (non-hydrogen) atoms. The molecular formula is C14H26N2OS. The van der Waals surface area contributed by atoms with Crippen LogP contribution in [0.4, 0.5) is 0 Å². The molecule has 3 nitrogen and oxygen atoms in total. The highest BCUT2D eigenvalue weighted by atomic mass is 32.1. The summed E-state index contributed by atoms with van der Waals surface area (Å²) in [6, 6.07) is 0. The van der Waals surface area contributed by atoms with Crippen LogP contribution in [0.25, 0.3) is 0 Å². The number of amides is 1. The van der Waals surface area contributed by atoms with E-state index in [0.717, 1.165) is 0 Å². The number of carbonyl (C=O) groups is 1. The summed E-state index contributed by atoms with van der Waals surface area (Å²) in [5, 5.41) is 0. The normalized spacial score (nSPS) is 19.0. The molecule has 1 rings (SSSR count). The maximum absolute atomic E-state index is 12.1. The fourth-order valence-electron chi connectivity index (χ4n) is 2.57. The zero-order chi connectivity index (χ0) is 13.5. The molecule has 104 valence electrons. The third-order valence-corrected chi connectivity index (χ3v) is 4.30. The molecule has 0 spiro atoms. The minimum absolute atomic E-state index is 0.100. The highest BCUT2D eigenvalue weighted by molar-refractivity contribution is 7.80. The number of hydrogen-bond donors (Lipinski definition) is 1. The maximum atomic E-state index is 12.1. The van der Waals surface area contributed by atoms with Gasteiger partial charge in [0.05, 0.1) is 4.99 Å². The van der Waals surface area contributed by atoms with Gasteiger partial charge in [-0.05, 0) is 18.8 Å². The monoisotopic (exact) mass is 270 g/mol. The van der Waals surface area contributed by atoms with Gasteiger partial charge in [-0.25, -0.2) is 0 Å². The summed E-state index contributed by atoms with van der Waals surface area (Å²) >= 11 is 4.94. The molecule has 0 radical (unpaired) electrons. The zero-order valence-electron chi connectivity index (χ0n) is 11.7. The first-order valence-corrected chi connectivity index (χ1v) is 7.44. The number of hydrogen-bond acceptors (Lipinski definition) is 2. The molecule has 0 bridgehead atoms. The number of nitrogens with two attached hydrogens (primary N) is 1. The highest BCUT2D eigenvalue weighted by Crippen LogP contribution is 2.25. The first kappa shape index (κ1) is 15.4. The van der Waals surface area contributed by atoms with Gasteiger partial charge in [-0.15, -0.1) is 0 Å². The Balaban J connectivity index is 2.36. The molecule has 1 unspecified atom stereocenters. The summed E-state index contributed by atoms with van der Waals surface area (Å²) in [5.74, 6) is 0.927. The van der Waals surface area contributed by atoms with E-state index in [4.69, 9.17) is 18.0 Å². The minimum atomic E-state index is 0.100. The summed E-state index contributed by atoms with van der Waals surface area (Å²) in [4.78, 5) is 14.4. The van der Waals surface area contributed by atoms with Gasteiger partial charge in [0, 0.05) is 25.9 Å². The number of rotatable bonds is 5. The average molecular weight is 270 g/mol. The first-order chi connectivity index (χ1) is 8.50. The Labute approximate surface area is 116 Å². The predicted octanol–water partition coefficient (Wildman–Crippen LogP) is 2.73. The Morgan fingerprint density at radius 2 is 1.89 bits per heavy atom. The molecule has 0 aromatic rings. The van der Waals surface area contributed by atoms with Crippen molar-refractivity contribution in [3.8, 4) is 0 Å². The molecule has 2 N–H and O–H groups in total. The lowest BCUT2D eigenvalue weighted by Crippen LogP contribution is -2.36. The molecule has 0 aromatic heterocycles. The maximum Gasteiger partial charge on any atom is 0.222 e. The van der Waals surface area contributed by atoms with Crippen LogP contribution in [-0.2, 0) is 4.79 Å². The van der Waals surface area contributed by atoms with Crippen molar-refractivity contribution in [2.24, 2.45) is 17.6 Å². The Kier molecular flexibility index (Phi) is 6.61. The number of thiocarbonyl (C=S) groups is 1. The van der Waals surface area contributed by atoms with Crippen LogP contribution in [0.5, 0.6) is 0 Å². The van der Waals surface area contributed by atoms with Crippen LogP contribution in [-0.4, -0.2) is 29.4 Å². The van der Waals surface area contributed by atoms with Gasteiger partial charge < -0.3 is 10.6 Å². The summed E-state index contributed by atoms with van der Waals surface area (Å²) in [5.41, 5.74) is 5.58. The Morgan fingerprint density at radius 3 is 2.39 bits per heavy atom. The summed E-state index contributed by atoms with van der Waals surface area (Å²) in [6.45, 7) is 2.61. The zero-order valence-corrected chi connectivity index (χ0v) is 12.5. The molecule has 1 aliphatic rings. The van der Waals surface area contributed by atoms with E-state index in [2.05, 4.69) is 0 Å². The van der Waals surface area contributed by atoms with Crippen LogP contribution in [0, 0.1) is 11.8 Å². The summed E-state index contributed by atoms with van der Waals surface area (Å²) < 4.78 is 0. The third kappa shape index (κ3) is 5.34. The molecule has 0 saturated heterocycles. The van der Waals surface area contributed by atoms with Crippen LogP contribution < -0.4 is 5.73 Å². The van der Waals surface area contributed by atoms with Gasteiger partial charge in [0.2, 0.25) is 5.91 Å². The highest BCUT2D eigenvalue weighted by Gasteiger charge is 2.19. The topological polar surface area (TPSA) is 46.3 Å². The van der Waals surface area contributed by atoms with Gasteiger partial charge in [-0.2, -0.15) is 0 Å². The van der Waals surface area contributed by atoms with E-state index < -0.39 is 0 Å². The standard InChI is InChI=1S/C14H26N2OS/c1-11(14(15)18)10-16(2)13(17)9-12-7-5-3-4-6-8-12/h11-12H,3-10H2,1-2H3,(H2,15,18). The van der Waals surface area contributed by atoms with Crippen LogP contribution in [0.15, 0.2) is 0 Å². The van der Waals surface area contributed by atoms with E-state index >= 15 is 0 Å². The molecule has 4 heteroatoms. The van der Waals surface area contributed by atoms with E-state index in [1.807, 2.05) is 14.0 Å². The molecule has 1 atom stereocenters. The van der Waals surface area contributed by atoms with Gasteiger partial charge in [0.25, 0.3) is 0 Å². The molecule has 1 amide bonds. The quantitative estimate of drug-likeness (QED) is 0.617. The average Bonchev–Trinajstić information content (AvgIpc) is 2.57. The molecule has 0 heterocycles. The van der Waals surface area contributed by atoms with Crippen LogP contribution in [0.2, 0.25) is 0 Å². The molecule has 1 fully saturated rings. The van der Waals surface area contributed by atoms with E-state index in [1.165, 1.54) is 38.5 Å². The van der Waals surface area contributed by atoms with Gasteiger partial charge in [0.1, 0.15) is 0 Å². The summed E-state index contributed by atoms with van der Waals surface area (Å²) in [6.07, 6.45) is 8.35. The molecule has 1 saturated carbocycles. The number of carbonyl (C=O) groups excluding carboxylic acids is 1. The predicted molar refractivity (Wildman–Crippen MR) is 79.4 cm³/mol. The number of nitrogens with zero attached hydrogens (tertiary/aromatic N) is 1. The Hall–Kier alpha value is -0.640. The lowest BCUT2D eigenvalue weighted by atomic mass is 9.96. The van der Waals surface area contributed by atoms with Crippen molar-refractivity contribution in [1.82, 2.24) is 4.90 Å². The van der Waals surface area contributed by atoms with Crippen molar-refractivity contribution in [3.63, 3.8) is 0 Å².